The van der Waals surface area contributed by atoms with Crippen LogP contribution in [0.1, 0.15) is 36.3 Å². The van der Waals surface area contributed by atoms with Crippen molar-refractivity contribution in [3.05, 3.63) is 59.7 Å². The highest BCUT2D eigenvalue weighted by molar-refractivity contribution is 5.69. The van der Waals surface area contributed by atoms with Crippen molar-refractivity contribution in [2.45, 2.75) is 31.8 Å². The summed E-state index contributed by atoms with van der Waals surface area (Å²) in [4.78, 5) is 11.2. The summed E-state index contributed by atoms with van der Waals surface area (Å²) in [5.74, 6) is 0.961. The lowest BCUT2D eigenvalue weighted by Crippen LogP contribution is -2.10. The lowest BCUT2D eigenvalue weighted by molar-refractivity contribution is -0.137. The molecule has 0 radical (unpaired) electrons. The standard InChI is InChI=1S/C20H22O4/c1-23-20-16(17(12-19(21)22)15-10-11-15)8-5-9-18(20)24-13-14-6-3-2-4-7-14/h2-9,15,17H,10-13H2,1H3,(H,21,22). The molecule has 1 aliphatic carbocycles. The van der Waals surface area contributed by atoms with Gasteiger partial charge in [-0.1, -0.05) is 42.5 Å². The van der Waals surface area contributed by atoms with Gasteiger partial charge in [-0.05, 0) is 30.4 Å². The maximum absolute atomic E-state index is 11.2. The number of carbonyl (C=O) groups is 1. The largest absolute Gasteiger partial charge is 0.493 e. The molecule has 1 aliphatic rings. The van der Waals surface area contributed by atoms with Crippen LogP contribution < -0.4 is 9.47 Å². The Bertz CT molecular complexity index is 692. The number of aliphatic carboxylic acids is 1. The normalized spacial score (nSPS) is 14.9. The third kappa shape index (κ3) is 3.88. The molecule has 1 fully saturated rings. The van der Waals surface area contributed by atoms with E-state index in [0.717, 1.165) is 24.0 Å². The van der Waals surface area contributed by atoms with Gasteiger partial charge in [0.1, 0.15) is 6.61 Å². The second kappa shape index (κ2) is 7.39. The molecule has 4 heteroatoms. The molecule has 126 valence electrons. The van der Waals surface area contributed by atoms with Crippen LogP contribution in [0.4, 0.5) is 0 Å². The van der Waals surface area contributed by atoms with Gasteiger partial charge in [-0.3, -0.25) is 4.79 Å². The summed E-state index contributed by atoms with van der Waals surface area (Å²) in [6.45, 7) is 0.452. The van der Waals surface area contributed by atoms with Crippen LogP contribution in [0, 0.1) is 5.92 Å². The predicted molar refractivity (Wildman–Crippen MR) is 91.5 cm³/mol. The topological polar surface area (TPSA) is 55.8 Å². The van der Waals surface area contributed by atoms with Crippen molar-refractivity contribution in [3.63, 3.8) is 0 Å². The molecule has 1 saturated carbocycles. The Morgan fingerprint density at radius 2 is 1.92 bits per heavy atom. The zero-order valence-electron chi connectivity index (χ0n) is 13.8. The fraction of sp³-hybridized carbons (Fsp3) is 0.350. The molecule has 0 bridgehead atoms. The summed E-state index contributed by atoms with van der Waals surface area (Å²) in [5, 5.41) is 9.23. The van der Waals surface area contributed by atoms with Crippen LogP contribution in [-0.2, 0) is 11.4 Å². The first-order chi connectivity index (χ1) is 11.7. The molecule has 24 heavy (non-hydrogen) atoms. The molecular weight excluding hydrogens is 304 g/mol. The molecule has 4 nitrogen and oxygen atoms in total. The highest BCUT2D eigenvalue weighted by Crippen LogP contribution is 2.48. The van der Waals surface area contributed by atoms with Crippen LogP contribution in [0.5, 0.6) is 11.5 Å². The van der Waals surface area contributed by atoms with Gasteiger partial charge in [0.25, 0.3) is 0 Å². The highest BCUT2D eigenvalue weighted by atomic mass is 16.5. The molecule has 0 amide bonds. The Kier molecular flexibility index (Phi) is 5.04. The first-order valence-electron chi connectivity index (χ1n) is 8.24. The Morgan fingerprint density at radius 1 is 1.17 bits per heavy atom. The number of carboxylic acid groups (broad SMARTS) is 1. The maximum Gasteiger partial charge on any atom is 0.303 e. The number of ether oxygens (including phenoxy) is 2. The summed E-state index contributed by atoms with van der Waals surface area (Å²) < 4.78 is 11.5. The van der Waals surface area contributed by atoms with E-state index in [4.69, 9.17) is 9.47 Å². The van der Waals surface area contributed by atoms with E-state index in [1.807, 2.05) is 48.5 Å². The van der Waals surface area contributed by atoms with Crippen molar-refractivity contribution in [2.24, 2.45) is 5.92 Å². The molecule has 2 aromatic rings. The molecule has 0 spiro atoms. The van der Waals surface area contributed by atoms with Crippen LogP contribution in [0.3, 0.4) is 0 Å². The minimum atomic E-state index is -0.774. The monoisotopic (exact) mass is 326 g/mol. The van der Waals surface area contributed by atoms with Crippen LogP contribution >= 0.6 is 0 Å². The molecule has 0 aliphatic heterocycles. The minimum Gasteiger partial charge on any atom is -0.493 e. The number of benzene rings is 2. The summed E-state index contributed by atoms with van der Waals surface area (Å²) in [7, 11) is 1.61. The Labute approximate surface area is 142 Å². The first kappa shape index (κ1) is 16.4. The fourth-order valence-corrected chi connectivity index (χ4v) is 3.11. The number of methoxy groups -OCH3 is 1. The van der Waals surface area contributed by atoms with Gasteiger partial charge in [0.15, 0.2) is 11.5 Å². The van der Waals surface area contributed by atoms with Gasteiger partial charge in [-0.25, -0.2) is 0 Å². The molecule has 1 atom stereocenters. The van der Waals surface area contributed by atoms with Crippen molar-refractivity contribution in [1.29, 1.82) is 0 Å². The number of carboxylic acids is 1. The zero-order valence-corrected chi connectivity index (χ0v) is 13.8. The zero-order chi connectivity index (χ0) is 16.9. The van der Waals surface area contributed by atoms with Crippen molar-refractivity contribution in [3.8, 4) is 11.5 Å². The molecule has 1 N–H and O–H groups in total. The van der Waals surface area contributed by atoms with Gasteiger partial charge >= 0.3 is 5.97 Å². The summed E-state index contributed by atoms with van der Waals surface area (Å²) >= 11 is 0. The number of rotatable bonds is 8. The second-order valence-corrected chi connectivity index (χ2v) is 6.19. The SMILES string of the molecule is COc1c(OCc2ccccc2)cccc1C(CC(=O)O)C1CC1. The molecule has 1 unspecified atom stereocenters. The van der Waals surface area contributed by atoms with E-state index < -0.39 is 5.97 Å². The lowest BCUT2D eigenvalue weighted by Gasteiger charge is -2.20. The van der Waals surface area contributed by atoms with Gasteiger partial charge in [0.05, 0.1) is 13.5 Å². The Hall–Kier alpha value is -2.49. The second-order valence-electron chi connectivity index (χ2n) is 6.19. The van der Waals surface area contributed by atoms with Crippen molar-refractivity contribution in [1.82, 2.24) is 0 Å². The van der Waals surface area contributed by atoms with E-state index in [-0.39, 0.29) is 12.3 Å². The fourth-order valence-electron chi connectivity index (χ4n) is 3.11. The van der Waals surface area contributed by atoms with Gasteiger partial charge in [0, 0.05) is 11.5 Å². The molecule has 0 saturated heterocycles. The van der Waals surface area contributed by atoms with Crippen molar-refractivity contribution < 1.29 is 19.4 Å². The molecule has 2 aromatic carbocycles. The van der Waals surface area contributed by atoms with E-state index in [0.29, 0.717) is 24.0 Å². The average molecular weight is 326 g/mol. The Morgan fingerprint density at radius 3 is 2.54 bits per heavy atom. The molecular formula is C20H22O4. The quantitative estimate of drug-likeness (QED) is 0.788. The summed E-state index contributed by atoms with van der Waals surface area (Å²) in [5.41, 5.74) is 2.02. The van der Waals surface area contributed by atoms with E-state index >= 15 is 0 Å². The molecule has 0 heterocycles. The Balaban J connectivity index is 1.83. The first-order valence-corrected chi connectivity index (χ1v) is 8.24. The summed E-state index contributed by atoms with van der Waals surface area (Å²) in [6.07, 6.45) is 2.29. The lowest BCUT2D eigenvalue weighted by atomic mass is 9.90. The van der Waals surface area contributed by atoms with Gasteiger partial charge in [-0.2, -0.15) is 0 Å². The van der Waals surface area contributed by atoms with E-state index in [1.165, 1.54) is 0 Å². The highest BCUT2D eigenvalue weighted by Gasteiger charge is 2.36. The number of hydrogen-bond acceptors (Lipinski definition) is 3. The predicted octanol–water partition coefficient (Wildman–Crippen LogP) is 4.24. The van der Waals surface area contributed by atoms with Crippen LogP contribution in [0.25, 0.3) is 0 Å². The smallest absolute Gasteiger partial charge is 0.303 e. The van der Waals surface area contributed by atoms with Crippen molar-refractivity contribution >= 4 is 5.97 Å². The van der Waals surface area contributed by atoms with Crippen molar-refractivity contribution in [2.75, 3.05) is 7.11 Å². The van der Waals surface area contributed by atoms with Gasteiger partial charge in [-0.15, -0.1) is 0 Å². The van der Waals surface area contributed by atoms with E-state index in [1.54, 1.807) is 7.11 Å². The van der Waals surface area contributed by atoms with Crippen LogP contribution in [0.2, 0.25) is 0 Å². The number of para-hydroxylation sites is 1. The third-order valence-corrected chi connectivity index (χ3v) is 4.44. The number of hydrogen-bond donors (Lipinski definition) is 1. The molecule has 3 rings (SSSR count). The molecule has 0 aromatic heterocycles. The van der Waals surface area contributed by atoms with E-state index in [2.05, 4.69) is 0 Å². The summed E-state index contributed by atoms with van der Waals surface area (Å²) in [6, 6.07) is 15.7. The van der Waals surface area contributed by atoms with Crippen LogP contribution in [-0.4, -0.2) is 18.2 Å². The van der Waals surface area contributed by atoms with Crippen LogP contribution in [0.15, 0.2) is 48.5 Å². The maximum atomic E-state index is 11.2. The van der Waals surface area contributed by atoms with Gasteiger partial charge in [0.2, 0.25) is 0 Å². The van der Waals surface area contributed by atoms with E-state index in [9.17, 15) is 9.90 Å². The minimum absolute atomic E-state index is 0.0160. The average Bonchev–Trinajstić information content (AvgIpc) is 3.43. The van der Waals surface area contributed by atoms with Gasteiger partial charge < -0.3 is 14.6 Å². The third-order valence-electron chi connectivity index (χ3n) is 4.44.